The van der Waals surface area contributed by atoms with Gasteiger partial charge in [-0.1, -0.05) is 0 Å². The summed E-state index contributed by atoms with van der Waals surface area (Å²) >= 11 is -2.79. The minimum Gasteiger partial charge on any atom is -0.755 e. The summed E-state index contributed by atoms with van der Waals surface area (Å²) in [7, 11) is 5.10. The van der Waals surface area contributed by atoms with Gasteiger partial charge in [-0.05, 0) is 54.1 Å². The van der Waals surface area contributed by atoms with Crippen LogP contribution >= 0.6 is 0 Å². The fourth-order valence-electron chi connectivity index (χ4n) is 4.88. The van der Waals surface area contributed by atoms with Crippen LogP contribution in [0.3, 0.4) is 0 Å². The number of amides is 1. The number of fused-ring (bicyclic) bond motifs is 1. The maximum absolute atomic E-state index is 13.5. The predicted molar refractivity (Wildman–Crippen MR) is 143 cm³/mol. The van der Waals surface area contributed by atoms with Gasteiger partial charge in [0.05, 0.1) is 19.0 Å². The van der Waals surface area contributed by atoms with E-state index in [9.17, 15) is 23.5 Å². The van der Waals surface area contributed by atoms with Gasteiger partial charge in [0.25, 0.3) is 0 Å². The van der Waals surface area contributed by atoms with Crippen LogP contribution in [0, 0.1) is 6.92 Å². The van der Waals surface area contributed by atoms with Crippen LogP contribution in [0.15, 0.2) is 36.7 Å². The van der Waals surface area contributed by atoms with Crippen LogP contribution in [-0.2, 0) is 27.3 Å². The van der Waals surface area contributed by atoms with Gasteiger partial charge in [-0.2, -0.15) is 0 Å². The number of nitrogen functional groups attached to an aromatic ring is 1. The van der Waals surface area contributed by atoms with E-state index in [2.05, 4.69) is 9.97 Å². The lowest BCUT2D eigenvalue weighted by Crippen LogP contribution is -2.48. The van der Waals surface area contributed by atoms with Crippen molar-refractivity contribution in [3.8, 4) is 5.75 Å². The molecule has 2 aromatic heterocycles. The molecule has 1 fully saturated rings. The van der Waals surface area contributed by atoms with E-state index in [1.165, 1.54) is 18.2 Å². The summed E-state index contributed by atoms with van der Waals surface area (Å²) in [6.45, 7) is 1.87. The van der Waals surface area contributed by atoms with Crippen LogP contribution in [0.1, 0.15) is 17.5 Å². The number of pyridine rings is 2. The van der Waals surface area contributed by atoms with E-state index < -0.39 is 35.2 Å². The lowest BCUT2D eigenvalue weighted by molar-refractivity contribution is -0.148. The Morgan fingerprint density at radius 2 is 2.08 bits per heavy atom. The molecular formula is C25H29N6O6S-. The molecule has 0 saturated carbocycles. The number of nitrogens with two attached hydrogens (primary N) is 1. The highest BCUT2D eigenvalue weighted by Gasteiger charge is 2.43. The summed E-state index contributed by atoms with van der Waals surface area (Å²) < 4.78 is 31.0. The molecule has 3 atom stereocenters. The van der Waals surface area contributed by atoms with Crippen molar-refractivity contribution in [1.82, 2.24) is 14.9 Å². The molecule has 3 heterocycles. The van der Waals surface area contributed by atoms with E-state index in [4.69, 9.17) is 10.5 Å². The number of rotatable bonds is 9. The summed E-state index contributed by atoms with van der Waals surface area (Å²) in [5, 5.41) is 11.5. The molecule has 4 rings (SSSR count). The quantitative estimate of drug-likeness (QED) is 0.379. The number of carbonyl (C=O) groups excluding carboxylic acids is 1. The van der Waals surface area contributed by atoms with Crippen molar-refractivity contribution in [2.45, 2.75) is 31.8 Å². The van der Waals surface area contributed by atoms with Crippen molar-refractivity contribution in [3.63, 3.8) is 0 Å². The molecule has 202 valence electrons. The Bertz CT molecular complexity index is 1420. The lowest BCUT2D eigenvalue weighted by atomic mass is 10.00. The molecule has 1 unspecified atom stereocenters. The first kappa shape index (κ1) is 27.1. The molecule has 38 heavy (non-hydrogen) atoms. The average molecular weight is 542 g/mol. The van der Waals surface area contributed by atoms with Gasteiger partial charge in [0, 0.05) is 49.9 Å². The number of hydrogen-bond donors (Lipinski definition) is 2. The molecule has 1 aromatic carbocycles. The number of aryl methyl sites for hydroxylation is 1. The Labute approximate surface area is 222 Å². The number of carboxylic acids is 1. The molecule has 1 saturated heterocycles. The fourth-order valence-corrected chi connectivity index (χ4v) is 5.56. The fraction of sp³-hybridized carbons (Fsp3) is 0.360. The summed E-state index contributed by atoms with van der Waals surface area (Å²) in [5.74, 6) is -0.412. The smallest absolute Gasteiger partial charge is 0.326 e. The number of aromatic nitrogens is 2. The topological polar surface area (TPSA) is 165 Å². The molecule has 1 aliphatic rings. The first-order valence-corrected chi connectivity index (χ1v) is 12.8. The minimum absolute atomic E-state index is 0.0478. The third-order valence-electron chi connectivity index (χ3n) is 6.64. The number of carbonyl (C=O) groups is 2. The normalized spacial score (nSPS) is 16.9. The van der Waals surface area contributed by atoms with E-state index in [0.717, 1.165) is 15.3 Å². The third-order valence-corrected chi connectivity index (χ3v) is 7.43. The molecule has 3 aromatic rings. The number of aliphatic carboxylic acids is 1. The van der Waals surface area contributed by atoms with Gasteiger partial charge < -0.3 is 29.9 Å². The van der Waals surface area contributed by atoms with Gasteiger partial charge in [0.1, 0.15) is 29.5 Å². The SMILES string of the molecule is COc1cc2c(N)nccc2cc1C[C@H](C(=O)O)N1CC[C@H](N(c2cnc(N(C)C)c(C)c2)S(=O)[O-])C1=O. The molecule has 0 spiro atoms. The van der Waals surface area contributed by atoms with Gasteiger partial charge in [0.2, 0.25) is 5.91 Å². The molecule has 1 aliphatic heterocycles. The number of hydrogen-bond acceptors (Lipinski definition) is 9. The molecule has 13 heteroatoms. The largest absolute Gasteiger partial charge is 0.755 e. The van der Waals surface area contributed by atoms with Gasteiger partial charge in [0.15, 0.2) is 0 Å². The summed E-state index contributed by atoms with van der Waals surface area (Å²) in [6, 6.07) is 4.51. The van der Waals surface area contributed by atoms with E-state index in [1.54, 1.807) is 42.3 Å². The van der Waals surface area contributed by atoms with E-state index in [-0.39, 0.29) is 25.1 Å². The van der Waals surface area contributed by atoms with Crippen molar-refractivity contribution < 1.29 is 28.2 Å². The third kappa shape index (κ3) is 5.07. The molecule has 0 radical (unpaired) electrons. The standard InChI is InChI=1S/C25H30N6O6S/c1-14-9-17(13-28-23(14)29(2)3)31(38(35)36)19-6-8-30(24(19)32)20(25(33)34)11-16-10-15-5-7-27-22(26)18(15)12-21(16)37-4/h5,7,9-10,12-13,19-20H,6,8,11H2,1-4H3,(H2,26,27)(H,33,34)(H,35,36)/p-1/t19-,20+/m0/s1. The van der Waals surface area contributed by atoms with Crippen LogP contribution in [0.5, 0.6) is 5.75 Å². The second-order valence-corrected chi connectivity index (χ2v) is 10.1. The van der Waals surface area contributed by atoms with Crippen molar-refractivity contribution in [1.29, 1.82) is 0 Å². The van der Waals surface area contributed by atoms with Crippen molar-refractivity contribution in [2.75, 3.05) is 42.7 Å². The summed E-state index contributed by atoms with van der Waals surface area (Å²) in [6.07, 6.45) is 3.02. The first-order valence-electron chi connectivity index (χ1n) is 11.8. The highest BCUT2D eigenvalue weighted by molar-refractivity contribution is 7.80. The molecular weight excluding hydrogens is 512 g/mol. The van der Waals surface area contributed by atoms with E-state index in [1.807, 2.05) is 14.1 Å². The number of likely N-dealkylation sites (tertiary alicyclic amines) is 1. The van der Waals surface area contributed by atoms with E-state index >= 15 is 0 Å². The van der Waals surface area contributed by atoms with Crippen molar-refractivity contribution in [2.24, 2.45) is 0 Å². The zero-order valence-corrected chi connectivity index (χ0v) is 22.3. The molecule has 0 aliphatic carbocycles. The molecule has 1 amide bonds. The maximum Gasteiger partial charge on any atom is 0.326 e. The first-order chi connectivity index (χ1) is 18.0. The van der Waals surface area contributed by atoms with Crippen molar-refractivity contribution >= 4 is 51.2 Å². The number of carboxylic acid groups (broad SMARTS) is 1. The number of methoxy groups -OCH3 is 1. The summed E-state index contributed by atoms with van der Waals surface area (Å²) in [5.41, 5.74) is 7.50. The number of anilines is 3. The number of nitrogens with zero attached hydrogens (tertiary/aromatic N) is 5. The van der Waals surface area contributed by atoms with E-state index in [0.29, 0.717) is 28.3 Å². The predicted octanol–water partition coefficient (Wildman–Crippen LogP) is 1.49. The van der Waals surface area contributed by atoms with Crippen LogP contribution in [0.25, 0.3) is 10.8 Å². The Hall–Kier alpha value is -3.97. The average Bonchev–Trinajstić information content (AvgIpc) is 3.22. The summed E-state index contributed by atoms with van der Waals surface area (Å²) in [4.78, 5) is 37.3. The van der Waals surface area contributed by atoms with Gasteiger partial charge in [-0.15, -0.1) is 0 Å². The highest BCUT2D eigenvalue weighted by Crippen LogP contribution is 2.32. The highest BCUT2D eigenvalue weighted by atomic mass is 32.2. The zero-order valence-electron chi connectivity index (χ0n) is 21.5. The Kier molecular flexibility index (Phi) is 7.69. The number of benzene rings is 1. The number of ether oxygens (including phenoxy) is 1. The van der Waals surface area contributed by atoms with Crippen molar-refractivity contribution in [3.05, 3.63) is 47.8 Å². The van der Waals surface area contributed by atoms with Crippen LogP contribution in [-0.4, -0.2) is 80.4 Å². The molecule has 3 N–H and O–H groups in total. The van der Waals surface area contributed by atoms with Gasteiger partial charge >= 0.3 is 5.97 Å². The Morgan fingerprint density at radius 1 is 1.34 bits per heavy atom. The maximum atomic E-state index is 13.5. The van der Waals surface area contributed by atoms with Gasteiger partial charge in [-0.25, -0.2) is 14.8 Å². The Morgan fingerprint density at radius 3 is 2.68 bits per heavy atom. The van der Waals surface area contributed by atoms with Crippen LogP contribution in [0.4, 0.5) is 17.3 Å². The monoisotopic (exact) mass is 541 g/mol. The second-order valence-electron chi connectivity index (χ2n) is 9.25. The van der Waals surface area contributed by atoms with Crippen LogP contribution < -0.4 is 19.7 Å². The van der Waals surface area contributed by atoms with Gasteiger partial charge in [-0.3, -0.25) is 13.3 Å². The molecule has 12 nitrogen and oxygen atoms in total. The minimum atomic E-state index is -2.79. The molecule has 0 bridgehead atoms. The zero-order chi connectivity index (χ0) is 27.7. The lowest BCUT2D eigenvalue weighted by Gasteiger charge is -2.32. The van der Waals surface area contributed by atoms with Crippen LogP contribution in [0.2, 0.25) is 0 Å². The second kappa shape index (κ2) is 10.8. The Balaban J connectivity index is 1.64.